The van der Waals surface area contributed by atoms with E-state index in [0.717, 1.165) is 45.4 Å². The van der Waals surface area contributed by atoms with Gasteiger partial charge < -0.3 is 20.1 Å². The van der Waals surface area contributed by atoms with Gasteiger partial charge in [-0.1, -0.05) is 0 Å². The largest absolute Gasteiger partial charge is 0.378 e. The minimum Gasteiger partial charge on any atom is -0.378 e. The molecule has 2 rings (SSSR count). The van der Waals surface area contributed by atoms with Gasteiger partial charge in [-0.15, -0.1) is 0 Å². The van der Waals surface area contributed by atoms with E-state index in [0.29, 0.717) is 12.6 Å². The Labute approximate surface area is 115 Å². The second kappa shape index (κ2) is 8.51. The molecule has 1 amide bonds. The van der Waals surface area contributed by atoms with Crippen LogP contribution in [0.5, 0.6) is 0 Å². The Hall–Kier alpha value is -0.650. The number of piperidine rings is 1. The van der Waals surface area contributed by atoms with Crippen LogP contribution in [0.2, 0.25) is 0 Å². The molecular formula is C14H26N2O3. The first kappa shape index (κ1) is 14.8. The average molecular weight is 270 g/mol. The second-order valence-corrected chi connectivity index (χ2v) is 5.39. The van der Waals surface area contributed by atoms with Crippen LogP contribution in [0.4, 0.5) is 0 Å². The van der Waals surface area contributed by atoms with Crippen LogP contribution in [-0.4, -0.2) is 51.0 Å². The highest BCUT2D eigenvalue weighted by Crippen LogP contribution is 2.14. The van der Waals surface area contributed by atoms with Crippen molar-refractivity contribution < 1.29 is 14.3 Å². The fourth-order valence-electron chi connectivity index (χ4n) is 2.61. The van der Waals surface area contributed by atoms with Gasteiger partial charge in [0.2, 0.25) is 5.91 Å². The van der Waals surface area contributed by atoms with Crippen molar-refractivity contribution in [2.45, 2.75) is 50.7 Å². The summed E-state index contributed by atoms with van der Waals surface area (Å²) in [5.74, 6) is -0.00524. The van der Waals surface area contributed by atoms with Crippen molar-refractivity contribution in [2.24, 2.45) is 0 Å². The molecule has 19 heavy (non-hydrogen) atoms. The van der Waals surface area contributed by atoms with Gasteiger partial charge in [0.25, 0.3) is 0 Å². The van der Waals surface area contributed by atoms with Crippen LogP contribution in [0.25, 0.3) is 0 Å². The molecule has 0 spiro atoms. The first-order valence-electron chi connectivity index (χ1n) is 7.55. The lowest BCUT2D eigenvalue weighted by Crippen LogP contribution is -2.36. The molecule has 0 aromatic carbocycles. The van der Waals surface area contributed by atoms with E-state index in [4.69, 9.17) is 9.47 Å². The van der Waals surface area contributed by atoms with Crippen LogP contribution < -0.4 is 10.6 Å². The van der Waals surface area contributed by atoms with Crippen LogP contribution in [0, 0.1) is 0 Å². The summed E-state index contributed by atoms with van der Waals surface area (Å²) in [4.78, 5) is 11.6. The maximum Gasteiger partial charge on any atom is 0.246 e. The Morgan fingerprint density at radius 1 is 1.26 bits per heavy atom. The summed E-state index contributed by atoms with van der Waals surface area (Å²) in [7, 11) is 0. The summed E-state index contributed by atoms with van der Waals surface area (Å²) in [5, 5.41) is 6.19. The van der Waals surface area contributed by atoms with Gasteiger partial charge in [-0.05, 0) is 51.6 Å². The minimum absolute atomic E-state index is 0.00524. The molecule has 0 aliphatic carbocycles. The molecule has 2 aliphatic heterocycles. The molecule has 0 aromatic rings. The predicted octanol–water partition coefficient (Wildman–Crippen LogP) is 0.830. The molecule has 0 aromatic heterocycles. The molecule has 0 saturated carbocycles. The lowest BCUT2D eigenvalue weighted by Gasteiger charge is -2.23. The Bertz CT molecular complexity index is 261. The molecule has 0 radical (unpaired) electrons. The topological polar surface area (TPSA) is 59.6 Å². The maximum absolute atomic E-state index is 11.6. The van der Waals surface area contributed by atoms with Crippen molar-refractivity contribution in [2.75, 3.05) is 32.8 Å². The van der Waals surface area contributed by atoms with Crippen molar-refractivity contribution in [3.05, 3.63) is 0 Å². The quantitative estimate of drug-likeness (QED) is 0.750. The van der Waals surface area contributed by atoms with Crippen LogP contribution in [-0.2, 0) is 14.3 Å². The van der Waals surface area contributed by atoms with E-state index in [2.05, 4.69) is 10.6 Å². The zero-order valence-corrected chi connectivity index (χ0v) is 11.7. The third-order valence-electron chi connectivity index (χ3n) is 3.80. The number of nitrogens with one attached hydrogen (secondary N) is 2. The lowest BCUT2D eigenvalue weighted by atomic mass is 10.1. The zero-order valence-electron chi connectivity index (χ0n) is 11.7. The number of carbonyl (C=O) groups excluding carboxylic acids is 1. The zero-order chi connectivity index (χ0) is 13.3. The highest BCUT2D eigenvalue weighted by Gasteiger charge is 2.16. The normalized spacial score (nSPS) is 25.2. The van der Waals surface area contributed by atoms with Gasteiger partial charge >= 0.3 is 0 Å². The molecular weight excluding hydrogens is 244 g/mol. The second-order valence-electron chi connectivity index (χ2n) is 5.39. The first-order chi connectivity index (χ1) is 9.34. The Balaban J connectivity index is 1.49. The molecule has 5 nitrogen and oxygen atoms in total. The number of amides is 1. The smallest absolute Gasteiger partial charge is 0.246 e. The molecule has 2 saturated heterocycles. The van der Waals surface area contributed by atoms with Crippen molar-refractivity contribution in [1.82, 2.24) is 10.6 Å². The maximum atomic E-state index is 11.6. The molecule has 2 N–H and O–H groups in total. The fraction of sp³-hybridized carbons (Fsp3) is 0.929. The minimum atomic E-state index is -0.00524. The molecule has 1 atom stereocenters. The highest BCUT2D eigenvalue weighted by molar-refractivity contribution is 5.77. The molecule has 2 heterocycles. The molecule has 0 bridgehead atoms. The highest BCUT2D eigenvalue weighted by atomic mass is 16.5. The SMILES string of the molecule is O=C(COC1CCNCC1)NCCC1CCCCO1. The third kappa shape index (κ3) is 5.89. The standard InChI is InChI=1S/C14H26N2O3/c17-14(11-19-13-4-7-15-8-5-13)16-9-6-12-3-1-2-10-18-12/h12-13,15H,1-11H2,(H,16,17). The van der Waals surface area contributed by atoms with Gasteiger partial charge in [-0.3, -0.25) is 4.79 Å². The summed E-state index contributed by atoms with van der Waals surface area (Å²) < 4.78 is 11.2. The van der Waals surface area contributed by atoms with Crippen LogP contribution in [0.1, 0.15) is 38.5 Å². The van der Waals surface area contributed by atoms with Crippen molar-refractivity contribution in [3.63, 3.8) is 0 Å². The fourth-order valence-corrected chi connectivity index (χ4v) is 2.61. The summed E-state index contributed by atoms with van der Waals surface area (Å²) in [6.07, 6.45) is 7.05. The summed E-state index contributed by atoms with van der Waals surface area (Å²) in [5.41, 5.74) is 0. The van der Waals surface area contributed by atoms with E-state index in [-0.39, 0.29) is 18.6 Å². The monoisotopic (exact) mass is 270 g/mol. The molecule has 110 valence electrons. The van der Waals surface area contributed by atoms with Gasteiger partial charge in [0, 0.05) is 13.2 Å². The number of hydrogen-bond donors (Lipinski definition) is 2. The number of ether oxygens (including phenoxy) is 2. The van der Waals surface area contributed by atoms with Crippen LogP contribution in [0.15, 0.2) is 0 Å². The van der Waals surface area contributed by atoms with E-state index >= 15 is 0 Å². The molecule has 2 fully saturated rings. The molecule has 5 heteroatoms. The van der Waals surface area contributed by atoms with Crippen molar-refractivity contribution in [1.29, 1.82) is 0 Å². The van der Waals surface area contributed by atoms with Gasteiger partial charge in [0.05, 0.1) is 12.2 Å². The van der Waals surface area contributed by atoms with Gasteiger partial charge in [-0.2, -0.15) is 0 Å². The first-order valence-corrected chi connectivity index (χ1v) is 7.55. The van der Waals surface area contributed by atoms with E-state index in [1.54, 1.807) is 0 Å². The summed E-state index contributed by atoms with van der Waals surface area (Å²) >= 11 is 0. The van der Waals surface area contributed by atoms with Crippen LogP contribution in [0.3, 0.4) is 0 Å². The van der Waals surface area contributed by atoms with Gasteiger partial charge in [-0.25, -0.2) is 0 Å². The van der Waals surface area contributed by atoms with Crippen molar-refractivity contribution >= 4 is 5.91 Å². The Kier molecular flexibility index (Phi) is 6.61. The Morgan fingerprint density at radius 2 is 2.11 bits per heavy atom. The van der Waals surface area contributed by atoms with Crippen molar-refractivity contribution in [3.8, 4) is 0 Å². The van der Waals surface area contributed by atoms with Gasteiger partial charge in [0.15, 0.2) is 0 Å². The summed E-state index contributed by atoms with van der Waals surface area (Å²) in [6, 6.07) is 0. The average Bonchev–Trinajstić information content (AvgIpc) is 2.47. The Morgan fingerprint density at radius 3 is 2.84 bits per heavy atom. The molecule has 2 aliphatic rings. The van der Waals surface area contributed by atoms with Crippen LogP contribution >= 0.6 is 0 Å². The van der Waals surface area contributed by atoms with Gasteiger partial charge in [0.1, 0.15) is 6.61 Å². The van der Waals surface area contributed by atoms with E-state index in [9.17, 15) is 4.79 Å². The summed E-state index contributed by atoms with van der Waals surface area (Å²) in [6.45, 7) is 3.74. The number of hydrogen-bond acceptors (Lipinski definition) is 4. The van der Waals surface area contributed by atoms with E-state index in [1.807, 2.05) is 0 Å². The molecule has 1 unspecified atom stereocenters. The number of carbonyl (C=O) groups is 1. The number of rotatable bonds is 6. The van der Waals surface area contributed by atoms with E-state index in [1.165, 1.54) is 12.8 Å². The van der Waals surface area contributed by atoms with E-state index < -0.39 is 0 Å². The third-order valence-corrected chi connectivity index (χ3v) is 3.80. The lowest BCUT2D eigenvalue weighted by molar-refractivity contribution is -0.128. The predicted molar refractivity (Wildman–Crippen MR) is 73.1 cm³/mol.